The van der Waals surface area contributed by atoms with Crippen LogP contribution < -0.4 is 5.32 Å². The Morgan fingerprint density at radius 2 is 1.71 bits per heavy atom. The molecule has 0 aliphatic carbocycles. The van der Waals surface area contributed by atoms with E-state index in [2.05, 4.69) is 12.2 Å². The molecule has 1 fully saturated rings. The number of sulfonamides is 1. The number of piperidine rings is 1. The van der Waals surface area contributed by atoms with E-state index < -0.39 is 16.1 Å². The van der Waals surface area contributed by atoms with Gasteiger partial charge in [0.1, 0.15) is 6.04 Å². The summed E-state index contributed by atoms with van der Waals surface area (Å²) in [6.45, 7) is 2.82. The summed E-state index contributed by atoms with van der Waals surface area (Å²) in [4.78, 5) is 13.0. The van der Waals surface area contributed by atoms with Gasteiger partial charge in [0, 0.05) is 18.1 Å². The van der Waals surface area contributed by atoms with Crippen LogP contribution in [0.3, 0.4) is 0 Å². The first-order valence-electron chi connectivity index (χ1n) is 9.54. The summed E-state index contributed by atoms with van der Waals surface area (Å²) < 4.78 is 27.5. The zero-order valence-corrected chi connectivity index (χ0v) is 17.5. The molecule has 0 bridgehead atoms. The van der Waals surface area contributed by atoms with Crippen LogP contribution in [0.1, 0.15) is 37.3 Å². The highest BCUT2D eigenvalue weighted by Gasteiger charge is 2.37. The van der Waals surface area contributed by atoms with Crippen molar-refractivity contribution in [3.8, 4) is 0 Å². The molecule has 1 atom stereocenters. The van der Waals surface area contributed by atoms with Crippen molar-refractivity contribution < 1.29 is 13.2 Å². The maximum atomic E-state index is 13.1. The second kappa shape index (κ2) is 9.07. The predicted molar refractivity (Wildman–Crippen MR) is 111 cm³/mol. The molecule has 5 nitrogen and oxygen atoms in total. The van der Waals surface area contributed by atoms with Crippen molar-refractivity contribution in [2.45, 2.75) is 50.1 Å². The first-order valence-corrected chi connectivity index (χ1v) is 11.4. The monoisotopic (exact) mass is 420 g/mol. The number of benzene rings is 2. The van der Waals surface area contributed by atoms with Gasteiger partial charge in [-0.15, -0.1) is 0 Å². The Morgan fingerprint density at radius 3 is 2.36 bits per heavy atom. The molecule has 0 aromatic heterocycles. The van der Waals surface area contributed by atoms with Crippen LogP contribution in [0.2, 0.25) is 5.02 Å². The van der Waals surface area contributed by atoms with E-state index in [9.17, 15) is 13.2 Å². The topological polar surface area (TPSA) is 66.5 Å². The molecule has 0 radical (unpaired) electrons. The van der Waals surface area contributed by atoms with E-state index in [-0.39, 0.29) is 10.8 Å². The average Bonchev–Trinajstić information content (AvgIpc) is 2.72. The number of halogens is 1. The van der Waals surface area contributed by atoms with E-state index in [1.807, 2.05) is 24.3 Å². The van der Waals surface area contributed by atoms with E-state index in [0.717, 1.165) is 24.8 Å². The van der Waals surface area contributed by atoms with Crippen LogP contribution in [0.5, 0.6) is 0 Å². The molecule has 0 spiro atoms. The Balaban J connectivity index is 1.72. The van der Waals surface area contributed by atoms with Gasteiger partial charge >= 0.3 is 0 Å². The number of amides is 1. The minimum atomic E-state index is -3.75. The fourth-order valence-corrected chi connectivity index (χ4v) is 5.18. The normalized spacial score (nSPS) is 18.0. The zero-order valence-electron chi connectivity index (χ0n) is 15.9. The summed E-state index contributed by atoms with van der Waals surface area (Å²) >= 11 is 5.87. The Bertz CT molecular complexity index is 912. The lowest BCUT2D eigenvalue weighted by Gasteiger charge is -2.33. The van der Waals surface area contributed by atoms with Crippen molar-refractivity contribution >= 4 is 27.5 Å². The Kier molecular flexibility index (Phi) is 6.75. The second-order valence-corrected chi connectivity index (χ2v) is 9.30. The highest BCUT2D eigenvalue weighted by Crippen LogP contribution is 2.26. The molecule has 3 rings (SSSR count). The lowest BCUT2D eigenvalue weighted by molar-refractivity contribution is -0.125. The van der Waals surface area contributed by atoms with Crippen molar-refractivity contribution in [2.24, 2.45) is 0 Å². The van der Waals surface area contributed by atoms with Crippen LogP contribution in [-0.2, 0) is 27.8 Å². The standard InChI is InChI=1S/C21H25ClN2O3S/c1-2-16-6-8-17(9-7-16)15-23-21(25)20-5-3-4-14-24(20)28(26,27)19-12-10-18(22)11-13-19/h6-13,20H,2-5,14-15H2,1H3,(H,23,25)/t20-/m0/s1. The molecule has 2 aromatic carbocycles. The van der Waals surface area contributed by atoms with Crippen LogP contribution in [-0.4, -0.2) is 31.2 Å². The number of hydrogen-bond acceptors (Lipinski definition) is 3. The van der Waals surface area contributed by atoms with Crippen LogP contribution >= 0.6 is 11.6 Å². The third-order valence-electron chi connectivity index (χ3n) is 5.07. The quantitative estimate of drug-likeness (QED) is 0.773. The summed E-state index contributed by atoms with van der Waals surface area (Å²) in [6.07, 6.45) is 3.06. The highest BCUT2D eigenvalue weighted by atomic mass is 35.5. The Hall–Kier alpha value is -1.89. The molecule has 1 saturated heterocycles. The van der Waals surface area contributed by atoms with Gasteiger partial charge in [-0.05, 0) is 54.7 Å². The molecule has 1 heterocycles. The van der Waals surface area contributed by atoms with Gasteiger partial charge in [0.15, 0.2) is 0 Å². The van der Waals surface area contributed by atoms with Crippen LogP contribution in [0.4, 0.5) is 0 Å². The Labute approximate surface area is 171 Å². The van der Waals surface area contributed by atoms with E-state index in [4.69, 9.17) is 11.6 Å². The number of rotatable bonds is 6. The summed E-state index contributed by atoms with van der Waals surface area (Å²) in [7, 11) is -3.75. The van der Waals surface area contributed by atoms with Gasteiger partial charge in [0.2, 0.25) is 15.9 Å². The average molecular weight is 421 g/mol. The number of nitrogens with zero attached hydrogens (tertiary/aromatic N) is 1. The maximum absolute atomic E-state index is 13.1. The highest BCUT2D eigenvalue weighted by molar-refractivity contribution is 7.89. The minimum Gasteiger partial charge on any atom is -0.351 e. The zero-order chi connectivity index (χ0) is 20.1. The molecule has 1 aliphatic heterocycles. The SMILES string of the molecule is CCc1ccc(CNC(=O)[C@@H]2CCCCN2S(=O)(=O)c2ccc(Cl)cc2)cc1. The van der Waals surface area contributed by atoms with Crippen molar-refractivity contribution in [1.29, 1.82) is 0 Å². The molecule has 1 aliphatic rings. The second-order valence-electron chi connectivity index (χ2n) is 6.97. The first-order chi connectivity index (χ1) is 13.4. The first kappa shape index (κ1) is 20.8. The number of carbonyl (C=O) groups is 1. The summed E-state index contributed by atoms with van der Waals surface area (Å²) in [6, 6.07) is 13.4. The molecule has 2 aromatic rings. The van der Waals surface area contributed by atoms with Gasteiger partial charge in [0.05, 0.1) is 4.90 Å². The van der Waals surface area contributed by atoms with Gasteiger partial charge in [0.25, 0.3) is 0 Å². The van der Waals surface area contributed by atoms with Crippen LogP contribution in [0.25, 0.3) is 0 Å². The van der Waals surface area contributed by atoms with Crippen molar-refractivity contribution in [3.63, 3.8) is 0 Å². The number of aryl methyl sites for hydroxylation is 1. The lowest BCUT2D eigenvalue weighted by Crippen LogP contribution is -2.51. The molecule has 28 heavy (non-hydrogen) atoms. The summed E-state index contributed by atoms with van der Waals surface area (Å²) in [5.74, 6) is -0.253. The van der Waals surface area contributed by atoms with Gasteiger partial charge in [-0.2, -0.15) is 4.31 Å². The molecule has 0 unspecified atom stereocenters. The fraction of sp³-hybridized carbons (Fsp3) is 0.381. The maximum Gasteiger partial charge on any atom is 0.243 e. The number of nitrogens with one attached hydrogen (secondary N) is 1. The third-order valence-corrected chi connectivity index (χ3v) is 7.25. The largest absolute Gasteiger partial charge is 0.351 e. The van der Waals surface area contributed by atoms with Crippen LogP contribution in [0.15, 0.2) is 53.4 Å². The molecule has 0 saturated carbocycles. The number of hydrogen-bond donors (Lipinski definition) is 1. The fourth-order valence-electron chi connectivity index (χ4n) is 3.40. The van der Waals surface area contributed by atoms with Gasteiger partial charge < -0.3 is 5.32 Å². The molecule has 1 N–H and O–H groups in total. The molecular formula is C21H25ClN2O3S. The van der Waals surface area contributed by atoms with Crippen molar-refractivity contribution in [1.82, 2.24) is 9.62 Å². The van der Waals surface area contributed by atoms with Gasteiger partial charge in [-0.3, -0.25) is 4.79 Å². The molecular weight excluding hydrogens is 396 g/mol. The summed E-state index contributed by atoms with van der Waals surface area (Å²) in [5, 5.41) is 3.38. The van der Waals surface area contributed by atoms with E-state index in [1.165, 1.54) is 22.0 Å². The van der Waals surface area contributed by atoms with Gasteiger partial charge in [-0.1, -0.05) is 49.2 Å². The van der Waals surface area contributed by atoms with E-state index in [1.54, 1.807) is 12.1 Å². The Morgan fingerprint density at radius 1 is 1.07 bits per heavy atom. The molecule has 7 heteroatoms. The number of carbonyl (C=O) groups excluding carboxylic acids is 1. The van der Waals surface area contributed by atoms with Crippen LogP contribution in [0, 0.1) is 0 Å². The minimum absolute atomic E-state index is 0.159. The van der Waals surface area contributed by atoms with E-state index in [0.29, 0.717) is 24.5 Å². The summed E-state index contributed by atoms with van der Waals surface area (Å²) in [5.41, 5.74) is 2.23. The van der Waals surface area contributed by atoms with Crippen molar-refractivity contribution in [2.75, 3.05) is 6.54 Å². The lowest BCUT2D eigenvalue weighted by atomic mass is 10.0. The predicted octanol–water partition coefficient (Wildman–Crippen LogP) is 3.76. The van der Waals surface area contributed by atoms with Crippen molar-refractivity contribution in [3.05, 3.63) is 64.7 Å². The third kappa shape index (κ3) is 4.74. The van der Waals surface area contributed by atoms with E-state index >= 15 is 0 Å². The smallest absolute Gasteiger partial charge is 0.243 e. The molecule has 1 amide bonds. The van der Waals surface area contributed by atoms with Gasteiger partial charge in [-0.25, -0.2) is 8.42 Å². The molecule has 150 valence electrons.